The standard InChI is InChI=1S/C14H15BrF2N4O4S/c15-10-5-8(1-3-11(10)17)6-13(19-22)14-12(20-25-21-14)4-2-9(16)7-26(18,23)24/h1,3,5,9,22H,2,4,6-7H2,(H2,18,23,24)/b19-13+. The number of aromatic nitrogens is 2. The molecule has 0 aliphatic carbocycles. The summed E-state index contributed by atoms with van der Waals surface area (Å²) in [6.45, 7) is 0. The lowest BCUT2D eigenvalue weighted by molar-refractivity contribution is 0.297. The molecule has 1 atom stereocenters. The summed E-state index contributed by atoms with van der Waals surface area (Å²) >= 11 is 3.06. The molecule has 0 saturated carbocycles. The Morgan fingerprint density at radius 1 is 1.42 bits per heavy atom. The van der Waals surface area contributed by atoms with Gasteiger partial charge in [0, 0.05) is 6.42 Å². The summed E-state index contributed by atoms with van der Waals surface area (Å²) in [7, 11) is -3.93. The Morgan fingerprint density at radius 2 is 2.15 bits per heavy atom. The van der Waals surface area contributed by atoms with Crippen molar-refractivity contribution in [3.8, 4) is 0 Å². The highest BCUT2D eigenvalue weighted by Gasteiger charge is 2.21. The van der Waals surface area contributed by atoms with E-state index in [1.165, 1.54) is 18.2 Å². The Labute approximate surface area is 156 Å². The van der Waals surface area contributed by atoms with Crippen molar-refractivity contribution in [2.75, 3.05) is 5.75 Å². The van der Waals surface area contributed by atoms with E-state index in [0.29, 0.717) is 5.56 Å². The molecule has 0 spiro atoms. The molecule has 12 heteroatoms. The molecular weight excluding hydrogens is 438 g/mol. The second kappa shape index (κ2) is 8.64. The van der Waals surface area contributed by atoms with Crippen LogP contribution in [0.5, 0.6) is 0 Å². The fraction of sp³-hybridized carbons (Fsp3) is 0.357. The molecule has 1 aromatic heterocycles. The Balaban J connectivity index is 2.10. The van der Waals surface area contributed by atoms with Gasteiger partial charge >= 0.3 is 0 Å². The molecule has 26 heavy (non-hydrogen) atoms. The molecule has 3 N–H and O–H groups in total. The Morgan fingerprint density at radius 3 is 2.77 bits per heavy atom. The zero-order valence-electron chi connectivity index (χ0n) is 13.3. The first-order chi connectivity index (χ1) is 12.2. The van der Waals surface area contributed by atoms with E-state index < -0.39 is 27.8 Å². The molecule has 0 bridgehead atoms. The number of nitrogens with two attached hydrogens (primary N) is 1. The highest BCUT2D eigenvalue weighted by atomic mass is 79.9. The third-order valence-corrected chi connectivity index (χ3v) is 4.85. The first kappa shape index (κ1) is 20.4. The minimum absolute atomic E-state index is 0.00164. The molecule has 1 aromatic carbocycles. The summed E-state index contributed by atoms with van der Waals surface area (Å²) < 4.78 is 53.6. The highest BCUT2D eigenvalue weighted by Crippen LogP contribution is 2.19. The molecule has 2 aromatic rings. The predicted octanol–water partition coefficient (Wildman–Crippen LogP) is 1.95. The second-order valence-electron chi connectivity index (χ2n) is 5.50. The number of rotatable bonds is 8. The average molecular weight is 453 g/mol. The van der Waals surface area contributed by atoms with E-state index in [1.54, 1.807) is 0 Å². The van der Waals surface area contributed by atoms with Crippen LogP contribution in [0.15, 0.2) is 32.5 Å². The molecular formula is C14H15BrF2N4O4S. The normalized spacial score (nSPS) is 13.8. The number of benzene rings is 1. The lowest BCUT2D eigenvalue weighted by atomic mass is 10.0. The van der Waals surface area contributed by atoms with Crippen LogP contribution in [0.2, 0.25) is 0 Å². The van der Waals surface area contributed by atoms with Gasteiger partial charge < -0.3 is 5.21 Å². The minimum atomic E-state index is -3.93. The van der Waals surface area contributed by atoms with E-state index in [-0.39, 0.29) is 40.8 Å². The zero-order valence-corrected chi connectivity index (χ0v) is 15.7. The van der Waals surface area contributed by atoms with Crippen molar-refractivity contribution >= 4 is 31.7 Å². The number of sulfonamides is 1. The maximum Gasteiger partial charge on any atom is 0.211 e. The smallest absolute Gasteiger partial charge is 0.211 e. The molecule has 0 radical (unpaired) electrons. The maximum atomic E-state index is 13.7. The van der Waals surface area contributed by atoms with Crippen LogP contribution < -0.4 is 5.14 Å². The Bertz CT molecular complexity index is 904. The molecule has 1 heterocycles. The fourth-order valence-electron chi connectivity index (χ4n) is 2.23. The Kier molecular flexibility index (Phi) is 6.78. The van der Waals surface area contributed by atoms with Crippen molar-refractivity contribution in [1.82, 2.24) is 10.3 Å². The molecule has 142 valence electrons. The summed E-state index contributed by atoms with van der Waals surface area (Å²) in [6, 6.07) is 4.26. The van der Waals surface area contributed by atoms with Gasteiger partial charge in [-0.05, 0) is 51.6 Å². The van der Waals surface area contributed by atoms with Crippen molar-refractivity contribution < 1.29 is 27.0 Å². The molecule has 1 unspecified atom stereocenters. The number of nitrogens with zero attached hydrogens (tertiary/aromatic N) is 3. The van der Waals surface area contributed by atoms with Crippen LogP contribution in [-0.4, -0.2) is 41.6 Å². The van der Waals surface area contributed by atoms with Crippen molar-refractivity contribution in [2.24, 2.45) is 10.3 Å². The topological polar surface area (TPSA) is 132 Å². The van der Waals surface area contributed by atoms with Gasteiger partial charge in [-0.3, -0.25) is 0 Å². The van der Waals surface area contributed by atoms with Crippen LogP contribution >= 0.6 is 15.9 Å². The summed E-state index contributed by atoms with van der Waals surface area (Å²) in [5.41, 5.74) is 1.02. The number of hydrogen-bond donors (Lipinski definition) is 2. The molecule has 0 amide bonds. The number of halogens is 3. The lowest BCUT2D eigenvalue weighted by Crippen LogP contribution is -2.24. The number of alkyl halides is 1. The molecule has 8 nitrogen and oxygen atoms in total. The zero-order chi connectivity index (χ0) is 19.3. The summed E-state index contributed by atoms with van der Waals surface area (Å²) in [5.74, 6) is -1.25. The third kappa shape index (κ3) is 5.81. The van der Waals surface area contributed by atoms with Crippen LogP contribution in [0.4, 0.5) is 8.78 Å². The van der Waals surface area contributed by atoms with E-state index in [2.05, 4.69) is 36.0 Å². The first-order valence-electron chi connectivity index (χ1n) is 7.31. The van der Waals surface area contributed by atoms with E-state index in [9.17, 15) is 22.4 Å². The Hall–Kier alpha value is -1.92. The summed E-state index contributed by atoms with van der Waals surface area (Å²) in [4.78, 5) is 0. The third-order valence-electron chi connectivity index (χ3n) is 3.41. The fourth-order valence-corrected chi connectivity index (χ4v) is 3.32. The SMILES string of the molecule is NS(=O)(=O)CC(F)CCc1nonc1/C(Cc1ccc(F)c(Br)c1)=N/O. The highest BCUT2D eigenvalue weighted by molar-refractivity contribution is 9.10. The van der Waals surface area contributed by atoms with Crippen molar-refractivity contribution in [2.45, 2.75) is 25.4 Å². The largest absolute Gasteiger partial charge is 0.411 e. The number of primary sulfonamides is 1. The lowest BCUT2D eigenvalue weighted by Gasteiger charge is -2.07. The van der Waals surface area contributed by atoms with Crippen LogP contribution in [-0.2, 0) is 22.9 Å². The number of aryl methyl sites for hydroxylation is 1. The van der Waals surface area contributed by atoms with Gasteiger partial charge in [0.05, 0.1) is 10.2 Å². The van der Waals surface area contributed by atoms with Gasteiger partial charge in [0.2, 0.25) is 10.0 Å². The van der Waals surface area contributed by atoms with Gasteiger partial charge in [-0.1, -0.05) is 16.4 Å². The molecule has 0 aliphatic heterocycles. The van der Waals surface area contributed by atoms with Crippen molar-refractivity contribution in [3.05, 3.63) is 45.4 Å². The number of hydrogen-bond acceptors (Lipinski definition) is 7. The number of oxime groups is 1. The van der Waals surface area contributed by atoms with Crippen LogP contribution in [0, 0.1) is 5.82 Å². The van der Waals surface area contributed by atoms with Gasteiger partial charge in [0.1, 0.15) is 23.4 Å². The van der Waals surface area contributed by atoms with Crippen LogP contribution in [0.25, 0.3) is 0 Å². The minimum Gasteiger partial charge on any atom is -0.411 e. The van der Waals surface area contributed by atoms with Gasteiger partial charge in [-0.2, -0.15) is 0 Å². The van der Waals surface area contributed by atoms with Crippen molar-refractivity contribution in [3.63, 3.8) is 0 Å². The average Bonchev–Trinajstić information content (AvgIpc) is 3.00. The van der Waals surface area contributed by atoms with E-state index >= 15 is 0 Å². The van der Waals surface area contributed by atoms with E-state index in [0.717, 1.165) is 0 Å². The molecule has 0 saturated heterocycles. The molecule has 0 aliphatic rings. The predicted molar refractivity (Wildman–Crippen MR) is 91.6 cm³/mol. The maximum absolute atomic E-state index is 13.7. The van der Waals surface area contributed by atoms with E-state index in [1.807, 2.05) is 0 Å². The summed E-state index contributed by atoms with van der Waals surface area (Å²) in [6.07, 6.45) is -1.77. The second-order valence-corrected chi connectivity index (χ2v) is 8.01. The van der Waals surface area contributed by atoms with Gasteiger partial charge in [-0.25, -0.2) is 27.0 Å². The van der Waals surface area contributed by atoms with Gasteiger partial charge in [0.25, 0.3) is 0 Å². The van der Waals surface area contributed by atoms with Crippen LogP contribution in [0.3, 0.4) is 0 Å². The summed E-state index contributed by atoms with van der Waals surface area (Å²) in [5, 5.41) is 24.5. The van der Waals surface area contributed by atoms with Crippen molar-refractivity contribution in [1.29, 1.82) is 0 Å². The van der Waals surface area contributed by atoms with Gasteiger partial charge in [0.15, 0.2) is 5.69 Å². The molecule has 2 rings (SSSR count). The van der Waals surface area contributed by atoms with Gasteiger partial charge in [-0.15, -0.1) is 0 Å². The molecule has 0 fully saturated rings. The first-order valence-corrected chi connectivity index (χ1v) is 9.81. The monoisotopic (exact) mass is 452 g/mol. The van der Waals surface area contributed by atoms with E-state index in [4.69, 9.17) is 5.14 Å². The van der Waals surface area contributed by atoms with Crippen LogP contribution in [0.1, 0.15) is 23.4 Å². The quantitative estimate of drug-likeness (QED) is 0.357.